The summed E-state index contributed by atoms with van der Waals surface area (Å²) in [4.78, 5) is 27.3. The van der Waals surface area contributed by atoms with E-state index in [9.17, 15) is 14.7 Å². The highest BCUT2D eigenvalue weighted by Crippen LogP contribution is 2.37. The van der Waals surface area contributed by atoms with Crippen molar-refractivity contribution in [2.24, 2.45) is 0 Å². The lowest BCUT2D eigenvalue weighted by molar-refractivity contribution is 0.0691. The second-order valence-electron chi connectivity index (χ2n) is 5.85. The monoisotopic (exact) mass is 355 g/mol. The van der Waals surface area contributed by atoms with Crippen LogP contribution in [0.3, 0.4) is 0 Å². The number of carbonyl (C=O) groups is 1. The molecule has 5 nitrogen and oxygen atoms in total. The fourth-order valence-corrected chi connectivity index (χ4v) is 3.48. The Bertz CT molecular complexity index is 1030. The molecule has 0 aliphatic carbocycles. The summed E-state index contributed by atoms with van der Waals surface area (Å²) in [7, 11) is 0. The van der Waals surface area contributed by atoms with Gasteiger partial charge in [-0.05, 0) is 23.8 Å². The Morgan fingerprint density at radius 3 is 2.60 bits per heavy atom. The second kappa shape index (κ2) is 6.02. The number of fused-ring (bicyclic) bond motifs is 2. The third-order valence-corrected chi connectivity index (χ3v) is 4.62. The van der Waals surface area contributed by atoms with E-state index < -0.39 is 11.9 Å². The number of halogens is 1. The van der Waals surface area contributed by atoms with E-state index >= 15 is 0 Å². The maximum atomic E-state index is 13.1. The highest BCUT2D eigenvalue weighted by Gasteiger charge is 2.42. The quantitative estimate of drug-likeness (QED) is 0.784. The molecular formula is C19H14ClNO4. The molecule has 6 heteroatoms. The van der Waals surface area contributed by atoms with Crippen LogP contribution in [0, 0.1) is 0 Å². The van der Waals surface area contributed by atoms with E-state index in [-0.39, 0.29) is 24.3 Å². The number of rotatable bonds is 3. The summed E-state index contributed by atoms with van der Waals surface area (Å²) in [5, 5.41) is 10.1. The first-order valence-electron chi connectivity index (χ1n) is 7.85. The third kappa shape index (κ3) is 2.44. The van der Waals surface area contributed by atoms with Gasteiger partial charge >= 0.3 is 0 Å². The number of carbonyl (C=O) groups excluding carboxylic acids is 1. The average molecular weight is 356 g/mol. The maximum Gasteiger partial charge on any atom is 0.290 e. The molecule has 0 saturated carbocycles. The number of amides is 1. The third-order valence-electron chi connectivity index (χ3n) is 4.38. The molecule has 0 bridgehead atoms. The van der Waals surface area contributed by atoms with Crippen LogP contribution in [0.25, 0.3) is 11.0 Å². The zero-order valence-electron chi connectivity index (χ0n) is 13.1. The van der Waals surface area contributed by atoms with E-state index in [4.69, 9.17) is 16.0 Å². The van der Waals surface area contributed by atoms with Crippen LogP contribution in [0.2, 0.25) is 5.02 Å². The van der Waals surface area contributed by atoms with Gasteiger partial charge in [0.05, 0.1) is 23.6 Å². The molecule has 0 spiro atoms. The largest absolute Gasteiger partial charge is 0.450 e. The second-order valence-corrected chi connectivity index (χ2v) is 6.29. The fourth-order valence-electron chi connectivity index (χ4n) is 3.31. The van der Waals surface area contributed by atoms with E-state index in [2.05, 4.69) is 0 Å². The number of aliphatic hydroxyl groups excluding tert-OH is 1. The smallest absolute Gasteiger partial charge is 0.290 e. The summed E-state index contributed by atoms with van der Waals surface area (Å²) in [6.45, 7) is -0.0955. The Kier molecular flexibility index (Phi) is 3.82. The zero-order chi connectivity index (χ0) is 17.6. The number of hydrogen-bond donors (Lipinski definition) is 1. The molecule has 1 aliphatic heterocycles. The van der Waals surface area contributed by atoms with Crippen LogP contribution in [0.1, 0.15) is 27.7 Å². The molecule has 25 heavy (non-hydrogen) atoms. The minimum atomic E-state index is -0.588. The van der Waals surface area contributed by atoms with Crippen LogP contribution in [-0.2, 0) is 0 Å². The zero-order valence-corrected chi connectivity index (χ0v) is 13.9. The van der Waals surface area contributed by atoms with Crippen molar-refractivity contribution in [1.82, 2.24) is 4.90 Å². The fraction of sp³-hybridized carbons (Fsp3) is 0.158. The van der Waals surface area contributed by atoms with Crippen molar-refractivity contribution >= 4 is 28.5 Å². The van der Waals surface area contributed by atoms with Gasteiger partial charge < -0.3 is 14.4 Å². The molecule has 2 aromatic carbocycles. The van der Waals surface area contributed by atoms with Gasteiger partial charge in [0.25, 0.3) is 5.91 Å². The Morgan fingerprint density at radius 1 is 1.12 bits per heavy atom. The topological polar surface area (TPSA) is 70.8 Å². The minimum Gasteiger partial charge on any atom is -0.450 e. The van der Waals surface area contributed by atoms with Gasteiger partial charge in [-0.1, -0.05) is 41.9 Å². The lowest BCUT2D eigenvalue weighted by Crippen LogP contribution is -2.32. The van der Waals surface area contributed by atoms with Crippen molar-refractivity contribution in [2.45, 2.75) is 6.04 Å². The van der Waals surface area contributed by atoms with Crippen molar-refractivity contribution in [3.05, 3.63) is 80.7 Å². The van der Waals surface area contributed by atoms with Crippen molar-refractivity contribution < 1.29 is 14.3 Å². The molecule has 1 N–H and O–H groups in total. The summed E-state index contributed by atoms with van der Waals surface area (Å²) in [6, 6.07) is 13.4. The highest BCUT2D eigenvalue weighted by atomic mass is 35.5. The Labute approximate surface area is 148 Å². The number of hydrogen-bond acceptors (Lipinski definition) is 4. The Balaban J connectivity index is 2.03. The summed E-state index contributed by atoms with van der Waals surface area (Å²) >= 11 is 6.01. The number of aliphatic hydroxyl groups is 1. The lowest BCUT2D eigenvalue weighted by Gasteiger charge is -2.24. The first-order chi connectivity index (χ1) is 12.1. The first-order valence-corrected chi connectivity index (χ1v) is 8.22. The van der Waals surface area contributed by atoms with Crippen LogP contribution >= 0.6 is 11.6 Å². The first kappa shape index (κ1) is 15.9. The summed E-state index contributed by atoms with van der Waals surface area (Å²) in [5.41, 5.74) is 1.12. The molecule has 1 atom stereocenters. The molecule has 1 amide bonds. The Hall–Kier alpha value is -2.63. The predicted molar refractivity (Wildman–Crippen MR) is 93.9 cm³/mol. The van der Waals surface area contributed by atoms with Crippen LogP contribution in [-0.4, -0.2) is 29.1 Å². The van der Waals surface area contributed by atoms with Gasteiger partial charge in [-0.25, -0.2) is 0 Å². The van der Waals surface area contributed by atoms with Crippen molar-refractivity contribution in [1.29, 1.82) is 0 Å². The van der Waals surface area contributed by atoms with Crippen LogP contribution in [0.15, 0.2) is 57.7 Å². The van der Waals surface area contributed by atoms with E-state index in [1.54, 1.807) is 18.2 Å². The van der Waals surface area contributed by atoms with Gasteiger partial charge in [0.2, 0.25) is 5.76 Å². The average Bonchev–Trinajstić information content (AvgIpc) is 2.90. The molecule has 0 fully saturated rings. The molecule has 4 rings (SSSR count). The molecule has 0 radical (unpaired) electrons. The van der Waals surface area contributed by atoms with Gasteiger partial charge in [0.1, 0.15) is 5.58 Å². The van der Waals surface area contributed by atoms with Gasteiger partial charge in [0.15, 0.2) is 5.43 Å². The van der Waals surface area contributed by atoms with Crippen LogP contribution in [0.5, 0.6) is 0 Å². The summed E-state index contributed by atoms with van der Waals surface area (Å²) in [6.07, 6.45) is 0. The van der Waals surface area contributed by atoms with Gasteiger partial charge in [0, 0.05) is 11.6 Å². The number of benzene rings is 2. The summed E-state index contributed by atoms with van der Waals surface area (Å²) in [5.74, 6) is -0.367. The van der Waals surface area contributed by atoms with Crippen LogP contribution in [0.4, 0.5) is 0 Å². The summed E-state index contributed by atoms with van der Waals surface area (Å²) < 4.78 is 5.75. The molecule has 2 heterocycles. The Morgan fingerprint density at radius 2 is 1.88 bits per heavy atom. The number of nitrogens with zero attached hydrogens (tertiary/aromatic N) is 1. The molecular weight excluding hydrogens is 342 g/mol. The van der Waals surface area contributed by atoms with E-state index in [1.165, 1.54) is 4.90 Å². The maximum absolute atomic E-state index is 13.1. The van der Waals surface area contributed by atoms with E-state index in [1.807, 2.05) is 30.3 Å². The van der Waals surface area contributed by atoms with E-state index in [0.717, 1.165) is 5.56 Å². The van der Waals surface area contributed by atoms with E-state index in [0.29, 0.717) is 21.6 Å². The normalized spacial score (nSPS) is 16.5. The molecule has 1 aromatic heterocycles. The SMILES string of the molecule is O=C1c2oc3ccc(Cl)cc3c(=O)c2C(c2ccccc2)N1CCO. The minimum absolute atomic E-state index is 0.0297. The molecule has 0 saturated heterocycles. The lowest BCUT2D eigenvalue weighted by atomic mass is 9.98. The van der Waals surface area contributed by atoms with Crippen molar-refractivity contribution in [3.8, 4) is 0 Å². The van der Waals surface area contributed by atoms with Crippen molar-refractivity contribution in [3.63, 3.8) is 0 Å². The molecule has 126 valence electrons. The van der Waals surface area contributed by atoms with Gasteiger partial charge in [-0.15, -0.1) is 0 Å². The van der Waals surface area contributed by atoms with Crippen LogP contribution < -0.4 is 5.43 Å². The van der Waals surface area contributed by atoms with Crippen molar-refractivity contribution in [2.75, 3.05) is 13.2 Å². The van der Waals surface area contributed by atoms with Gasteiger partial charge in [-0.3, -0.25) is 9.59 Å². The standard InChI is InChI=1S/C19H14ClNO4/c20-12-6-7-14-13(10-12)17(23)15-16(11-4-2-1-3-5-11)21(8-9-22)19(24)18(15)25-14/h1-7,10,16,22H,8-9H2. The highest BCUT2D eigenvalue weighted by molar-refractivity contribution is 6.31. The van der Waals surface area contributed by atoms with Gasteiger partial charge in [-0.2, -0.15) is 0 Å². The number of β-amino-alcohol motifs (C(OH)–C–C–N with tert-alkyl or cyclic N) is 1. The molecule has 1 unspecified atom stereocenters. The predicted octanol–water partition coefficient (Wildman–Crippen LogP) is 2.98. The molecule has 3 aromatic rings. The molecule has 1 aliphatic rings.